The highest BCUT2D eigenvalue weighted by atomic mass is 35.5. The molecule has 0 bridgehead atoms. The van der Waals surface area contributed by atoms with Crippen LogP contribution in [0.4, 0.5) is 0 Å². The molecule has 0 aromatic carbocycles. The minimum Gasteiger partial charge on any atom is -0.310 e. The molecule has 3 nitrogen and oxygen atoms in total. The van der Waals surface area contributed by atoms with Crippen molar-refractivity contribution in [3.05, 3.63) is 38.7 Å². The first-order valence-corrected chi connectivity index (χ1v) is 5.24. The van der Waals surface area contributed by atoms with Gasteiger partial charge in [0.1, 0.15) is 0 Å². The zero-order valence-corrected chi connectivity index (χ0v) is 8.95. The number of thiophene rings is 1. The van der Waals surface area contributed by atoms with Crippen molar-refractivity contribution < 1.29 is 0 Å². The molecule has 1 N–H and O–H groups in total. The highest BCUT2D eigenvalue weighted by Gasteiger charge is 2.07. The molecule has 72 valence electrons. The second-order valence-corrected chi connectivity index (χ2v) is 4.18. The van der Waals surface area contributed by atoms with Gasteiger partial charge in [-0.25, -0.2) is 4.79 Å². The first kappa shape index (κ1) is 9.43. The van der Waals surface area contributed by atoms with Crippen LogP contribution in [0.2, 0.25) is 5.02 Å². The van der Waals surface area contributed by atoms with Gasteiger partial charge in [0.15, 0.2) is 0 Å². The lowest BCUT2D eigenvalue weighted by molar-refractivity contribution is 1.03. The fourth-order valence-corrected chi connectivity index (χ4v) is 2.29. The number of nitrogens with one attached hydrogen (secondary N) is 1. The number of nitrogens with zero attached hydrogens (tertiary/aromatic N) is 1. The second-order valence-electron chi connectivity index (χ2n) is 2.85. The molecule has 14 heavy (non-hydrogen) atoms. The molecule has 0 aliphatic rings. The predicted molar refractivity (Wildman–Crippen MR) is 57.9 cm³/mol. The zero-order chi connectivity index (χ0) is 10.1. The van der Waals surface area contributed by atoms with Crippen LogP contribution < -0.4 is 5.69 Å². The Hall–Kier alpha value is -1.13. The SMILES string of the molecule is Cc1cc(-c2sccc2Cl)nc(=O)[nH]1. The van der Waals surface area contributed by atoms with Crippen molar-refractivity contribution in [2.45, 2.75) is 6.92 Å². The van der Waals surface area contributed by atoms with Gasteiger partial charge in [0.05, 0.1) is 15.6 Å². The molecular weight excluding hydrogens is 220 g/mol. The molecule has 0 amide bonds. The van der Waals surface area contributed by atoms with Gasteiger partial charge in [0, 0.05) is 5.69 Å². The molecule has 2 aromatic rings. The van der Waals surface area contributed by atoms with Gasteiger partial charge in [-0.2, -0.15) is 4.98 Å². The third-order valence-electron chi connectivity index (χ3n) is 1.73. The van der Waals surface area contributed by atoms with Crippen molar-refractivity contribution >= 4 is 22.9 Å². The lowest BCUT2D eigenvalue weighted by atomic mass is 10.3. The van der Waals surface area contributed by atoms with Crippen LogP contribution in [0.5, 0.6) is 0 Å². The highest BCUT2D eigenvalue weighted by Crippen LogP contribution is 2.31. The van der Waals surface area contributed by atoms with Crippen molar-refractivity contribution in [3.8, 4) is 10.6 Å². The van der Waals surface area contributed by atoms with Crippen molar-refractivity contribution in [3.63, 3.8) is 0 Å². The van der Waals surface area contributed by atoms with Crippen molar-refractivity contribution in [2.75, 3.05) is 0 Å². The Morgan fingerprint density at radius 1 is 1.57 bits per heavy atom. The van der Waals surface area contributed by atoms with E-state index in [2.05, 4.69) is 9.97 Å². The summed E-state index contributed by atoms with van der Waals surface area (Å²) in [6.45, 7) is 1.81. The number of aryl methyl sites for hydroxylation is 1. The molecule has 2 aromatic heterocycles. The van der Waals surface area contributed by atoms with Crippen LogP contribution in [0.1, 0.15) is 5.69 Å². The number of aromatic nitrogens is 2. The largest absolute Gasteiger partial charge is 0.345 e. The fourth-order valence-electron chi connectivity index (χ4n) is 1.17. The smallest absolute Gasteiger partial charge is 0.310 e. The number of hydrogen-bond acceptors (Lipinski definition) is 3. The average molecular weight is 227 g/mol. The first-order chi connectivity index (χ1) is 6.66. The van der Waals surface area contributed by atoms with Gasteiger partial charge in [-0.05, 0) is 24.4 Å². The molecule has 0 aliphatic heterocycles. The maximum Gasteiger partial charge on any atom is 0.345 e. The maximum absolute atomic E-state index is 11.1. The van der Waals surface area contributed by atoms with Crippen LogP contribution in [0.3, 0.4) is 0 Å². The minimum absolute atomic E-state index is 0.343. The van der Waals surface area contributed by atoms with Crippen LogP contribution in [-0.4, -0.2) is 9.97 Å². The van der Waals surface area contributed by atoms with Gasteiger partial charge in [-0.3, -0.25) is 0 Å². The predicted octanol–water partition coefficient (Wildman–Crippen LogP) is 2.46. The quantitative estimate of drug-likeness (QED) is 0.812. The van der Waals surface area contributed by atoms with Gasteiger partial charge in [-0.1, -0.05) is 11.6 Å². The Kier molecular flexibility index (Phi) is 2.39. The number of rotatable bonds is 1. The molecule has 2 rings (SSSR count). The first-order valence-electron chi connectivity index (χ1n) is 3.98. The Morgan fingerprint density at radius 3 is 2.93 bits per heavy atom. The van der Waals surface area contributed by atoms with E-state index in [4.69, 9.17) is 11.6 Å². The van der Waals surface area contributed by atoms with Crippen LogP contribution in [0.25, 0.3) is 10.6 Å². The van der Waals surface area contributed by atoms with E-state index < -0.39 is 0 Å². The number of aromatic amines is 1. The second kappa shape index (κ2) is 3.55. The average Bonchev–Trinajstić information content (AvgIpc) is 2.49. The molecule has 0 radical (unpaired) electrons. The third kappa shape index (κ3) is 1.71. The molecule has 2 heterocycles. The van der Waals surface area contributed by atoms with Crippen LogP contribution in [0.15, 0.2) is 22.3 Å². The van der Waals surface area contributed by atoms with E-state index in [-0.39, 0.29) is 5.69 Å². The maximum atomic E-state index is 11.1. The highest BCUT2D eigenvalue weighted by molar-refractivity contribution is 7.14. The van der Waals surface area contributed by atoms with E-state index in [0.717, 1.165) is 10.6 Å². The Bertz CT molecular complexity index is 518. The standard InChI is InChI=1S/C9H7ClN2OS/c1-5-4-7(12-9(13)11-5)8-6(10)2-3-14-8/h2-4H,1H3,(H,11,12,13). The van der Waals surface area contributed by atoms with Gasteiger partial charge in [-0.15, -0.1) is 11.3 Å². The lowest BCUT2D eigenvalue weighted by Crippen LogP contribution is -2.11. The summed E-state index contributed by atoms with van der Waals surface area (Å²) in [5.41, 5.74) is 1.07. The van der Waals surface area contributed by atoms with Gasteiger partial charge >= 0.3 is 5.69 Å². The van der Waals surface area contributed by atoms with Crippen LogP contribution >= 0.6 is 22.9 Å². The molecule has 0 unspecified atom stereocenters. The molecular formula is C9H7ClN2OS. The van der Waals surface area contributed by atoms with Gasteiger partial charge in [0.25, 0.3) is 0 Å². The van der Waals surface area contributed by atoms with Crippen molar-refractivity contribution in [1.82, 2.24) is 9.97 Å². The van der Waals surface area contributed by atoms with E-state index in [1.807, 2.05) is 12.3 Å². The van der Waals surface area contributed by atoms with Crippen LogP contribution in [0, 0.1) is 6.92 Å². The van der Waals surface area contributed by atoms with E-state index >= 15 is 0 Å². The Morgan fingerprint density at radius 2 is 2.36 bits per heavy atom. The summed E-state index contributed by atoms with van der Waals surface area (Å²) in [6, 6.07) is 3.60. The van der Waals surface area contributed by atoms with E-state index in [9.17, 15) is 4.79 Å². The van der Waals surface area contributed by atoms with E-state index in [0.29, 0.717) is 10.7 Å². The summed E-state index contributed by atoms with van der Waals surface area (Å²) in [7, 11) is 0. The summed E-state index contributed by atoms with van der Waals surface area (Å²) in [6.07, 6.45) is 0. The lowest BCUT2D eigenvalue weighted by Gasteiger charge is -1.98. The van der Waals surface area contributed by atoms with E-state index in [1.165, 1.54) is 11.3 Å². The summed E-state index contributed by atoms with van der Waals surface area (Å²) < 4.78 is 0. The molecule has 0 saturated carbocycles. The fraction of sp³-hybridized carbons (Fsp3) is 0.111. The Labute approximate surface area is 89.4 Å². The Balaban J connectivity index is 2.63. The number of hydrogen-bond donors (Lipinski definition) is 1. The van der Waals surface area contributed by atoms with Gasteiger partial charge < -0.3 is 4.98 Å². The van der Waals surface area contributed by atoms with Gasteiger partial charge in [0.2, 0.25) is 0 Å². The molecule has 0 aliphatic carbocycles. The number of halogens is 1. The molecule has 0 fully saturated rings. The monoisotopic (exact) mass is 226 g/mol. The summed E-state index contributed by atoms with van der Waals surface area (Å²) >= 11 is 7.41. The zero-order valence-electron chi connectivity index (χ0n) is 7.37. The summed E-state index contributed by atoms with van der Waals surface area (Å²) in [5, 5.41) is 2.50. The third-order valence-corrected chi connectivity index (χ3v) is 3.09. The molecule has 0 spiro atoms. The normalized spacial score (nSPS) is 10.4. The molecule has 5 heteroatoms. The van der Waals surface area contributed by atoms with Crippen LogP contribution in [-0.2, 0) is 0 Å². The van der Waals surface area contributed by atoms with Crippen molar-refractivity contribution in [2.24, 2.45) is 0 Å². The molecule has 0 atom stereocenters. The molecule has 0 saturated heterocycles. The number of H-pyrrole nitrogens is 1. The van der Waals surface area contributed by atoms with Crippen molar-refractivity contribution in [1.29, 1.82) is 0 Å². The summed E-state index contributed by atoms with van der Waals surface area (Å²) in [5.74, 6) is 0. The van der Waals surface area contributed by atoms with E-state index in [1.54, 1.807) is 12.1 Å². The topological polar surface area (TPSA) is 45.8 Å². The summed E-state index contributed by atoms with van der Waals surface area (Å²) in [4.78, 5) is 18.4. The minimum atomic E-state index is -0.343.